The number of aromatic nitrogens is 1. The van der Waals surface area contributed by atoms with Gasteiger partial charge >= 0.3 is 5.97 Å². The molecule has 0 radical (unpaired) electrons. The number of carbonyl (C=O) groups is 1. The Morgan fingerprint density at radius 3 is 2.75 bits per heavy atom. The van der Waals surface area contributed by atoms with Crippen molar-refractivity contribution in [1.29, 1.82) is 0 Å². The molecule has 0 spiro atoms. The molecule has 5 heteroatoms. The van der Waals surface area contributed by atoms with Crippen LogP contribution in [-0.2, 0) is 13.0 Å². The molecule has 1 saturated carbocycles. The summed E-state index contributed by atoms with van der Waals surface area (Å²) in [4.78, 5) is 18.5. The third-order valence-electron chi connectivity index (χ3n) is 4.56. The van der Waals surface area contributed by atoms with Crippen molar-refractivity contribution in [3.05, 3.63) is 22.5 Å². The quantitative estimate of drug-likeness (QED) is 0.863. The summed E-state index contributed by atoms with van der Waals surface area (Å²) in [6.07, 6.45) is 5.35. The number of anilines is 1. The molecule has 1 fully saturated rings. The van der Waals surface area contributed by atoms with E-state index in [1.807, 2.05) is 7.05 Å². The van der Waals surface area contributed by atoms with Crippen molar-refractivity contribution < 1.29 is 9.90 Å². The number of aromatic carboxylic acids is 1. The molecule has 0 aromatic carbocycles. The van der Waals surface area contributed by atoms with Crippen LogP contribution in [0.5, 0.6) is 0 Å². The van der Waals surface area contributed by atoms with Gasteiger partial charge in [-0.2, -0.15) is 0 Å². The first-order valence-electron chi connectivity index (χ1n) is 7.31. The second-order valence-electron chi connectivity index (χ2n) is 5.99. The zero-order valence-corrected chi connectivity index (χ0v) is 11.9. The Kier molecular flexibility index (Phi) is 3.38. The van der Waals surface area contributed by atoms with Crippen molar-refractivity contribution in [2.75, 3.05) is 19.3 Å². The van der Waals surface area contributed by atoms with Gasteiger partial charge in [0.05, 0.1) is 16.9 Å². The number of nitrogens with zero attached hydrogens (tertiary/aromatic N) is 2. The Bertz CT molecular complexity index is 551. The van der Waals surface area contributed by atoms with Gasteiger partial charge in [0.15, 0.2) is 0 Å². The largest absolute Gasteiger partial charge is 0.478 e. The van der Waals surface area contributed by atoms with Gasteiger partial charge in [-0.15, -0.1) is 0 Å². The molecule has 3 rings (SSSR count). The van der Waals surface area contributed by atoms with Crippen molar-refractivity contribution in [1.82, 2.24) is 9.88 Å². The van der Waals surface area contributed by atoms with Crippen LogP contribution in [0.25, 0.3) is 0 Å². The number of hydrogen-bond donors (Lipinski definition) is 2. The van der Waals surface area contributed by atoms with Crippen LogP contribution in [0, 0.1) is 0 Å². The summed E-state index contributed by atoms with van der Waals surface area (Å²) >= 11 is 0. The number of nitrogens with two attached hydrogens (primary N) is 1. The SMILES string of the molecule is CN1CCc2nc(C3CCCC3)c(N)c(C(=O)O)c2C1. The molecule has 0 amide bonds. The standard InChI is InChI=1S/C15H21N3O2/c1-18-7-6-11-10(8-18)12(15(19)20)13(16)14(17-11)9-4-2-3-5-9/h9H,2-8,16H2,1H3,(H,19,20). The molecule has 0 bridgehead atoms. The smallest absolute Gasteiger partial charge is 0.338 e. The molecule has 2 heterocycles. The number of pyridine rings is 1. The zero-order chi connectivity index (χ0) is 14.3. The number of hydrogen-bond acceptors (Lipinski definition) is 4. The maximum Gasteiger partial charge on any atom is 0.338 e. The average Bonchev–Trinajstić information content (AvgIpc) is 2.91. The fraction of sp³-hybridized carbons (Fsp3) is 0.600. The zero-order valence-electron chi connectivity index (χ0n) is 11.9. The topological polar surface area (TPSA) is 79.5 Å². The molecule has 2 aliphatic rings. The Hall–Kier alpha value is -1.62. The van der Waals surface area contributed by atoms with Crippen LogP contribution in [-0.4, -0.2) is 34.6 Å². The summed E-state index contributed by atoms with van der Waals surface area (Å²) in [6, 6.07) is 0. The Morgan fingerprint density at radius 2 is 2.10 bits per heavy atom. The van der Waals surface area contributed by atoms with Crippen molar-refractivity contribution in [3.8, 4) is 0 Å². The van der Waals surface area contributed by atoms with Crippen LogP contribution in [0.3, 0.4) is 0 Å². The lowest BCUT2D eigenvalue weighted by atomic mass is 9.93. The van der Waals surface area contributed by atoms with E-state index in [9.17, 15) is 9.90 Å². The second-order valence-corrected chi connectivity index (χ2v) is 5.99. The average molecular weight is 275 g/mol. The first kappa shape index (κ1) is 13.4. The predicted molar refractivity (Wildman–Crippen MR) is 76.9 cm³/mol. The van der Waals surface area contributed by atoms with Gasteiger partial charge in [0.2, 0.25) is 0 Å². The maximum absolute atomic E-state index is 11.6. The highest BCUT2D eigenvalue weighted by Crippen LogP contribution is 2.39. The second kappa shape index (κ2) is 5.05. The van der Waals surface area contributed by atoms with Crippen molar-refractivity contribution in [2.45, 2.75) is 44.6 Å². The van der Waals surface area contributed by atoms with Gasteiger partial charge in [0.1, 0.15) is 0 Å². The minimum absolute atomic E-state index is 0.295. The van der Waals surface area contributed by atoms with Gasteiger partial charge in [0, 0.05) is 36.7 Å². The fourth-order valence-corrected chi connectivity index (χ4v) is 3.49. The van der Waals surface area contributed by atoms with E-state index in [0.717, 1.165) is 42.8 Å². The van der Waals surface area contributed by atoms with Crippen LogP contribution in [0.2, 0.25) is 0 Å². The highest BCUT2D eigenvalue weighted by molar-refractivity contribution is 5.96. The summed E-state index contributed by atoms with van der Waals surface area (Å²) in [7, 11) is 2.00. The normalized spacial score (nSPS) is 20.1. The Labute approximate surface area is 118 Å². The van der Waals surface area contributed by atoms with Crippen LogP contribution >= 0.6 is 0 Å². The number of fused-ring (bicyclic) bond motifs is 1. The van der Waals surface area contributed by atoms with E-state index in [1.165, 1.54) is 12.8 Å². The van der Waals surface area contributed by atoms with Crippen molar-refractivity contribution in [3.63, 3.8) is 0 Å². The lowest BCUT2D eigenvalue weighted by Gasteiger charge is -2.28. The minimum Gasteiger partial charge on any atom is -0.478 e. The van der Waals surface area contributed by atoms with Gasteiger partial charge in [0.25, 0.3) is 0 Å². The summed E-state index contributed by atoms with van der Waals surface area (Å²) in [5, 5.41) is 9.55. The highest BCUT2D eigenvalue weighted by Gasteiger charge is 2.29. The molecule has 20 heavy (non-hydrogen) atoms. The number of carboxylic acids is 1. The van der Waals surface area contributed by atoms with Gasteiger partial charge in [-0.25, -0.2) is 4.79 Å². The molecular formula is C15H21N3O2. The van der Waals surface area contributed by atoms with Crippen LogP contribution in [0.4, 0.5) is 5.69 Å². The monoisotopic (exact) mass is 275 g/mol. The van der Waals surface area contributed by atoms with Crippen molar-refractivity contribution >= 4 is 11.7 Å². The fourth-order valence-electron chi connectivity index (χ4n) is 3.49. The molecule has 0 saturated heterocycles. The van der Waals surface area contributed by atoms with E-state index >= 15 is 0 Å². The van der Waals surface area contributed by atoms with Crippen LogP contribution in [0.15, 0.2) is 0 Å². The van der Waals surface area contributed by atoms with E-state index in [1.54, 1.807) is 0 Å². The van der Waals surface area contributed by atoms with Crippen molar-refractivity contribution in [2.24, 2.45) is 0 Å². The summed E-state index contributed by atoms with van der Waals surface area (Å²) < 4.78 is 0. The van der Waals surface area contributed by atoms with Crippen LogP contribution < -0.4 is 5.73 Å². The molecule has 1 aliphatic heterocycles. The highest BCUT2D eigenvalue weighted by atomic mass is 16.4. The summed E-state index contributed by atoms with van der Waals surface area (Å²) in [5.41, 5.74) is 9.46. The number of likely N-dealkylation sites (N-methyl/N-ethyl adjacent to an activating group) is 1. The number of nitrogen functional groups attached to an aromatic ring is 1. The maximum atomic E-state index is 11.6. The van der Waals surface area contributed by atoms with Crippen LogP contribution in [0.1, 0.15) is 58.9 Å². The predicted octanol–water partition coefficient (Wildman–Crippen LogP) is 2.01. The first-order chi connectivity index (χ1) is 9.58. The first-order valence-corrected chi connectivity index (χ1v) is 7.31. The molecule has 108 valence electrons. The van der Waals surface area contributed by atoms with Gasteiger partial charge in [-0.05, 0) is 19.9 Å². The minimum atomic E-state index is -0.921. The van der Waals surface area contributed by atoms with Gasteiger partial charge < -0.3 is 15.7 Å². The third kappa shape index (κ3) is 2.16. The third-order valence-corrected chi connectivity index (χ3v) is 4.56. The summed E-state index contributed by atoms with van der Waals surface area (Å²) in [5.74, 6) is -0.575. The molecule has 1 aliphatic carbocycles. The molecule has 5 nitrogen and oxygen atoms in total. The molecule has 0 unspecified atom stereocenters. The molecule has 0 atom stereocenters. The van der Waals surface area contributed by atoms with E-state index < -0.39 is 5.97 Å². The van der Waals surface area contributed by atoms with E-state index in [0.29, 0.717) is 23.7 Å². The number of carboxylic acid groups (broad SMARTS) is 1. The Balaban J connectivity index is 2.14. The Morgan fingerprint density at radius 1 is 1.40 bits per heavy atom. The number of rotatable bonds is 2. The van der Waals surface area contributed by atoms with Gasteiger partial charge in [-0.1, -0.05) is 12.8 Å². The molecular weight excluding hydrogens is 254 g/mol. The molecule has 1 aromatic heterocycles. The molecule has 1 aromatic rings. The lowest BCUT2D eigenvalue weighted by molar-refractivity contribution is 0.0695. The summed E-state index contributed by atoms with van der Waals surface area (Å²) in [6.45, 7) is 1.55. The van der Waals surface area contributed by atoms with E-state index in [-0.39, 0.29) is 0 Å². The molecule has 3 N–H and O–H groups in total. The lowest BCUT2D eigenvalue weighted by Crippen LogP contribution is -2.30. The van der Waals surface area contributed by atoms with E-state index in [4.69, 9.17) is 10.7 Å². The van der Waals surface area contributed by atoms with Gasteiger partial charge in [-0.3, -0.25) is 4.98 Å². The van der Waals surface area contributed by atoms with E-state index in [2.05, 4.69) is 4.90 Å².